The topological polar surface area (TPSA) is 35.5 Å². The lowest BCUT2D eigenvalue weighted by Gasteiger charge is -2.22. The van der Waals surface area contributed by atoms with E-state index in [0.29, 0.717) is 5.56 Å². The molecule has 0 heterocycles. The van der Waals surface area contributed by atoms with Gasteiger partial charge in [-0.05, 0) is 67.4 Å². The van der Waals surface area contributed by atoms with Gasteiger partial charge in [0.15, 0.2) is 11.6 Å². The van der Waals surface area contributed by atoms with Crippen LogP contribution in [0.25, 0.3) is 6.08 Å². The highest BCUT2D eigenvalue weighted by molar-refractivity contribution is 9.13. The zero-order valence-electron chi connectivity index (χ0n) is 12.3. The van der Waals surface area contributed by atoms with Crippen LogP contribution in [0.15, 0.2) is 22.4 Å². The van der Waals surface area contributed by atoms with E-state index in [1.807, 2.05) is 0 Å². The first-order valence-electron chi connectivity index (χ1n) is 6.43. The van der Waals surface area contributed by atoms with E-state index in [0.717, 1.165) is 12.1 Å². The van der Waals surface area contributed by atoms with Gasteiger partial charge in [-0.3, -0.25) is 4.57 Å². The van der Waals surface area contributed by atoms with Crippen molar-refractivity contribution < 1.29 is 22.4 Å². The van der Waals surface area contributed by atoms with E-state index < -0.39 is 19.2 Å². The van der Waals surface area contributed by atoms with Crippen molar-refractivity contribution in [1.82, 2.24) is 0 Å². The first kappa shape index (κ1) is 18.5. The molecule has 0 N–H and O–H groups in total. The Morgan fingerprint density at radius 1 is 1.14 bits per heavy atom. The van der Waals surface area contributed by atoms with E-state index in [2.05, 4.69) is 15.9 Å². The number of hydrogen-bond acceptors (Lipinski definition) is 3. The van der Waals surface area contributed by atoms with E-state index >= 15 is 0 Å². The van der Waals surface area contributed by atoms with Crippen LogP contribution in [0, 0.1) is 11.6 Å². The minimum absolute atomic E-state index is 0.156. The molecule has 0 saturated carbocycles. The van der Waals surface area contributed by atoms with E-state index in [1.165, 1.54) is 12.1 Å². The summed E-state index contributed by atoms with van der Waals surface area (Å²) in [5, 5.41) is 0. The Labute approximate surface area is 132 Å². The predicted molar refractivity (Wildman–Crippen MR) is 83.3 cm³/mol. The third kappa shape index (κ3) is 5.62. The monoisotopic (exact) mass is 382 g/mol. The maximum Gasteiger partial charge on any atom is 0.368 e. The SMILES string of the molecule is CC(C)OP(=O)(OC(C)C)C(Br)=Cc1ccc(F)c(F)c1. The fourth-order valence-corrected chi connectivity index (χ4v) is 3.93. The maximum absolute atomic E-state index is 13.2. The molecular weight excluding hydrogens is 365 g/mol. The van der Waals surface area contributed by atoms with Crippen LogP contribution in [-0.2, 0) is 13.6 Å². The molecule has 0 saturated heterocycles. The maximum atomic E-state index is 13.2. The zero-order valence-corrected chi connectivity index (χ0v) is 14.8. The molecule has 0 spiro atoms. The third-order valence-electron chi connectivity index (χ3n) is 2.19. The molecule has 0 amide bonds. The van der Waals surface area contributed by atoms with Crippen LogP contribution in [0.4, 0.5) is 8.78 Å². The molecule has 1 aromatic carbocycles. The molecule has 0 aliphatic rings. The van der Waals surface area contributed by atoms with Crippen molar-refractivity contribution in [3.05, 3.63) is 39.6 Å². The van der Waals surface area contributed by atoms with Crippen molar-refractivity contribution in [1.29, 1.82) is 0 Å². The number of rotatable bonds is 6. The highest BCUT2D eigenvalue weighted by atomic mass is 79.9. The third-order valence-corrected chi connectivity index (χ3v) is 5.77. The second-order valence-corrected chi connectivity index (χ2v) is 8.31. The van der Waals surface area contributed by atoms with E-state index in [4.69, 9.17) is 9.05 Å². The van der Waals surface area contributed by atoms with Crippen molar-refractivity contribution in [2.24, 2.45) is 0 Å². The Bertz CT molecular complexity index is 559. The molecule has 0 aliphatic heterocycles. The van der Waals surface area contributed by atoms with E-state index in [9.17, 15) is 13.3 Å². The lowest BCUT2D eigenvalue weighted by molar-refractivity contribution is 0.149. The molecule has 21 heavy (non-hydrogen) atoms. The normalized spacial score (nSPS) is 13.3. The van der Waals surface area contributed by atoms with Crippen molar-refractivity contribution >= 4 is 29.6 Å². The summed E-state index contributed by atoms with van der Waals surface area (Å²) >= 11 is 3.17. The quantitative estimate of drug-likeness (QED) is 0.591. The summed E-state index contributed by atoms with van der Waals surface area (Å²) in [5.41, 5.74) is 0.348. The molecule has 0 radical (unpaired) electrons. The molecule has 118 valence electrons. The van der Waals surface area contributed by atoms with Crippen LogP contribution >= 0.6 is 23.5 Å². The van der Waals surface area contributed by atoms with Crippen molar-refractivity contribution in [3.8, 4) is 0 Å². The molecular formula is C14H18BrF2O3P. The molecule has 0 bridgehead atoms. The van der Waals surface area contributed by atoms with Crippen LogP contribution in [0.3, 0.4) is 0 Å². The Morgan fingerprint density at radius 2 is 1.67 bits per heavy atom. The van der Waals surface area contributed by atoms with Crippen molar-refractivity contribution in [2.45, 2.75) is 39.9 Å². The van der Waals surface area contributed by atoms with Gasteiger partial charge in [-0.15, -0.1) is 0 Å². The second kappa shape index (κ2) is 7.63. The second-order valence-electron chi connectivity index (χ2n) is 4.95. The highest BCUT2D eigenvalue weighted by Gasteiger charge is 2.31. The van der Waals surface area contributed by atoms with Gasteiger partial charge in [-0.25, -0.2) is 8.78 Å². The first-order valence-corrected chi connectivity index (χ1v) is 8.77. The van der Waals surface area contributed by atoms with Crippen molar-refractivity contribution in [3.63, 3.8) is 0 Å². The summed E-state index contributed by atoms with van der Waals surface area (Å²) in [7, 11) is -3.55. The Balaban J connectivity index is 3.14. The Hall–Kier alpha value is -0.550. The summed E-state index contributed by atoms with van der Waals surface area (Å²) in [4.78, 5) is 0. The molecule has 3 nitrogen and oxygen atoms in total. The lowest BCUT2D eigenvalue weighted by Crippen LogP contribution is -2.07. The van der Waals surface area contributed by atoms with Gasteiger partial charge in [0.1, 0.15) is 4.22 Å². The predicted octanol–water partition coefficient (Wildman–Crippen LogP) is 5.70. The van der Waals surface area contributed by atoms with Crippen LogP contribution in [0.2, 0.25) is 0 Å². The lowest BCUT2D eigenvalue weighted by atomic mass is 10.2. The van der Waals surface area contributed by atoms with Crippen LogP contribution in [-0.4, -0.2) is 12.2 Å². The van der Waals surface area contributed by atoms with Gasteiger partial charge >= 0.3 is 7.60 Å². The fourth-order valence-electron chi connectivity index (χ4n) is 1.50. The molecule has 1 rings (SSSR count). The number of halogens is 3. The number of benzene rings is 1. The van der Waals surface area contributed by atoms with Gasteiger partial charge < -0.3 is 9.05 Å². The Kier molecular flexibility index (Phi) is 6.72. The average Bonchev–Trinajstić information content (AvgIpc) is 2.31. The van der Waals surface area contributed by atoms with Gasteiger partial charge in [0, 0.05) is 0 Å². The number of hydrogen-bond donors (Lipinski definition) is 0. The summed E-state index contributed by atoms with van der Waals surface area (Å²) < 4.78 is 49.8. The zero-order chi connectivity index (χ0) is 16.2. The summed E-state index contributed by atoms with van der Waals surface area (Å²) in [6.07, 6.45) is 0.759. The molecule has 0 aliphatic carbocycles. The molecule has 0 unspecified atom stereocenters. The van der Waals surface area contributed by atoms with Gasteiger partial charge in [0.25, 0.3) is 0 Å². The van der Waals surface area contributed by atoms with Crippen molar-refractivity contribution in [2.75, 3.05) is 0 Å². The Morgan fingerprint density at radius 3 is 2.10 bits per heavy atom. The smallest absolute Gasteiger partial charge is 0.302 e. The average molecular weight is 383 g/mol. The standard InChI is InChI=1S/C14H18BrF2O3P/c1-9(2)19-21(18,20-10(3)4)14(15)8-11-5-6-12(16)13(17)7-11/h5-10H,1-4H3. The van der Waals surface area contributed by atoms with E-state index in [1.54, 1.807) is 27.7 Å². The summed E-state index contributed by atoms with van der Waals surface area (Å²) in [6.45, 7) is 6.92. The van der Waals surface area contributed by atoms with Gasteiger partial charge in [0.2, 0.25) is 0 Å². The molecule has 1 aromatic rings. The van der Waals surface area contributed by atoms with Gasteiger partial charge in [0.05, 0.1) is 12.2 Å². The molecule has 0 atom stereocenters. The van der Waals surface area contributed by atoms with Crippen LogP contribution in [0.5, 0.6) is 0 Å². The van der Waals surface area contributed by atoms with Gasteiger partial charge in [-0.2, -0.15) is 0 Å². The molecule has 0 fully saturated rings. The van der Waals surface area contributed by atoms with Gasteiger partial charge in [-0.1, -0.05) is 6.07 Å². The molecule has 0 aromatic heterocycles. The largest absolute Gasteiger partial charge is 0.368 e. The fraction of sp³-hybridized carbons (Fsp3) is 0.429. The highest BCUT2D eigenvalue weighted by Crippen LogP contribution is 2.60. The minimum Gasteiger partial charge on any atom is -0.302 e. The van der Waals surface area contributed by atoms with Crippen LogP contribution < -0.4 is 0 Å². The summed E-state index contributed by atoms with van der Waals surface area (Å²) in [5.74, 6) is -1.92. The van der Waals surface area contributed by atoms with E-state index in [-0.39, 0.29) is 16.4 Å². The molecule has 7 heteroatoms. The van der Waals surface area contributed by atoms with Crippen LogP contribution in [0.1, 0.15) is 33.3 Å². The summed E-state index contributed by atoms with van der Waals surface area (Å²) in [6, 6.07) is 3.37. The minimum atomic E-state index is -3.55. The first-order chi connectivity index (χ1) is 9.64.